The molecule has 1 aliphatic rings. The summed E-state index contributed by atoms with van der Waals surface area (Å²) in [6.07, 6.45) is -0.803. The predicted molar refractivity (Wildman–Crippen MR) is 122 cm³/mol. The number of aromatic nitrogens is 1. The van der Waals surface area contributed by atoms with Crippen LogP contribution >= 0.6 is 0 Å². The van der Waals surface area contributed by atoms with Gasteiger partial charge in [0.15, 0.2) is 0 Å². The quantitative estimate of drug-likeness (QED) is 0.431. The van der Waals surface area contributed by atoms with Crippen molar-refractivity contribution in [1.29, 1.82) is 0 Å². The minimum absolute atomic E-state index is 0.273. The Kier molecular flexibility index (Phi) is 6.16. The zero-order chi connectivity index (χ0) is 23.8. The van der Waals surface area contributed by atoms with Gasteiger partial charge in [0.25, 0.3) is 0 Å². The van der Waals surface area contributed by atoms with Gasteiger partial charge in [0, 0.05) is 36.7 Å². The van der Waals surface area contributed by atoms with Gasteiger partial charge in [-0.3, -0.25) is 0 Å². The summed E-state index contributed by atoms with van der Waals surface area (Å²) in [5.74, 6) is 0.308. The molecule has 1 saturated heterocycles. The minimum Gasteiger partial charge on any atom is -0.444 e. The number of hydrogen-bond acceptors (Lipinski definition) is 2. The number of piperidine rings is 1. The van der Waals surface area contributed by atoms with Gasteiger partial charge in [-0.2, -0.15) is 13.2 Å². The Hall–Kier alpha value is -2.96. The fourth-order valence-corrected chi connectivity index (χ4v) is 4.43. The van der Waals surface area contributed by atoms with E-state index in [9.17, 15) is 18.0 Å². The van der Waals surface area contributed by atoms with Crippen molar-refractivity contribution in [1.82, 2.24) is 9.47 Å². The van der Waals surface area contributed by atoms with E-state index >= 15 is 0 Å². The number of nitrogens with zero attached hydrogens (tertiary/aromatic N) is 2. The van der Waals surface area contributed by atoms with Crippen LogP contribution in [0.15, 0.2) is 54.7 Å². The van der Waals surface area contributed by atoms with Gasteiger partial charge < -0.3 is 14.2 Å². The highest BCUT2D eigenvalue weighted by Crippen LogP contribution is 2.35. The molecule has 4 rings (SSSR count). The molecule has 0 bridgehead atoms. The van der Waals surface area contributed by atoms with Crippen LogP contribution < -0.4 is 0 Å². The number of halogens is 3. The molecule has 2 aromatic carbocycles. The molecule has 1 amide bonds. The Bertz CT molecular complexity index is 1120. The zero-order valence-electron chi connectivity index (χ0n) is 19.2. The number of ether oxygens (including phenoxy) is 1. The molecule has 0 aliphatic carbocycles. The summed E-state index contributed by atoms with van der Waals surface area (Å²) >= 11 is 0. The first-order valence-corrected chi connectivity index (χ1v) is 11.2. The summed E-state index contributed by atoms with van der Waals surface area (Å²) in [6.45, 7) is 7.36. The van der Waals surface area contributed by atoms with Crippen LogP contribution in [0.5, 0.6) is 0 Å². The highest BCUT2D eigenvalue weighted by molar-refractivity contribution is 5.84. The second kappa shape index (κ2) is 8.76. The number of rotatable bonds is 3. The van der Waals surface area contributed by atoms with Crippen LogP contribution in [0.2, 0.25) is 0 Å². The minimum atomic E-state index is -4.33. The molecule has 3 aromatic rings. The number of amides is 1. The maximum Gasteiger partial charge on any atom is 0.416 e. The van der Waals surface area contributed by atoms with Crippen LogP contribution in [0.25, 0.3) is 10.9 Å². The summed E-state index contributed by atoms with van der Waals surface area (Å²) in [6, 6.07) is 13.5. The third-order valence-electron chi connectivity index (χ3n) is 6.04. The lowest BCUT2D eigenvalue weighted by molar-refractivity contribution is -0.137. The molecule has 0 atom stereocenters. The number of fused-ring (bicyclic) bond motifs is 1. The fourth-order valence-electron chi connectivity index (χ4n) is 4.43. The molecule has 33 heavy (non-hydrogen) atoms. The maximum absolute atomic E-state index is 12.9. The SMILES string of the molecule is CC(C)(C)OC(=O)N1CCC(c2cn(Cc3ccc(C(F)(F)F)cc3)c3ccccc23)CC1. The third-order valence-corrected chi connectivity index (χ3v) is 6.04. The Morgan fingerprint density at radius 3 is 2.24 bits per heavy atom. The van der Waals surface area contributed by atoms with Crippen molar-refractivity contribution in [3.05, 3.63) is 71.4 Å². The molecule has 176 valence electrons. The van der Waals surface area contributed by atoms with E-state index in [-0.39, 0.29) is 6.09 Å². The molecular formula is C26H29F3N2O2. The summed E-state index contributed by atoms with van der Waals surface area (Å²) < 4.78 is 46.3. The van der Waals surface area contributed by atoms with Gasteiger partial charge in [0.1, 0.15) is 5.60 Å². The van der Waals surface area contributed by atoms with E-state index in [2.05, 4.69) is 16.8 Å². The molecule has 1 aromatic heterocycles. The molecule has 1 fully saturated rings. The normalized spacial score (nSPS) is 15.8. The second-order valence-corrected chi connectivity index (χ2v) is 9.67. The molecule has 0 spiro atoms. The number of alkyl halides is 3. The van der Waals surface area contributed by atoms with Crippen molar-refractivity contribution in [2.45, 2.75) is 57.9 Å². The molecule has 4 nitrogen and oxygen atoms in total. The lowest BCUT2D eigenvalue weighted by Crippen LogP contribution is -2.41. The average molecular weight is 459 g/mol. The van der Waals surface area contributed by atoms with Crippen LogP contribution in [0, 0.1) is 0 Å². The van der Waals surface area contributed by atoms with E-state index in [1.165, 1.54) is 17.7 Å². The largest absolute Gasteiger partial charge is 0.444 e. The number of benzene rings is 2. The second-order valence-electron chi connectivity index (χ2n) is 9.67. The van der Waals surface area contributed by atoms with Crippen LogP contribution in [-0.2, 0) is 17.5 Å². The summed E-state index contributed by atoms with van der Waals surface area (Å²) in [5, 5.41) is 1.15. The highest BCUT2D eigenvalue weighted by Gasteiger charge is 2.30. The van der Waals surface area contributed by atoms with Crippen molar-refractivity contribution in [3.63, 3.8) is 0 Å². The average Bonchev–Trinajstić information content (AvgIpc) is 3.11. The Labute approximate surface area is 191 Å². The number of likely N-dealkylation sites (tertiary alicyclic amines) is 1. The van der Waals surface area contributed by atoms with Crippen LogP contribution in [0.4, 0.5) is 18.0 Å². The fraction of sp³-hybridized carbons (Fsp3) is 0.423. The molecular weight excluding hydrogens is 429 g/mol. The van der Waals surface area contributed by atoms with Crippen LogP contribution in [-0.4, -0.2) is 34.3 Å². The Morgan fingerprint density at radius 2 is 1.64 bits per heavy atom. The van der Waals surface area contributed by atoms with E-state index in [1.807, 2.05) is 39.0 Å². The first-order valence-electron chi connectivity index (χ1n) is 11.2. The van der Waals surface area contributed by atoms with Gasteiger partial charge in [-0.1, -0.05) is 30.3 Å². The zero-order valence-corrected chi connectivity index (χ0v) is 19.2. The van der Waals surface area contributed by atoms with E-state index in [0.717, 1.165) is 41.4 Å². The summed E-state index contributed by atoms with van der Waals surface area (Å²) in [7, 11) is 0. The van der Waals surface area contributed by atoms with Gasteiger partial charge >= 0.3 is 12.3 Å². The van der Waals surface area contributed by atoms with E-state index < -0.39 is 17.3 Å². The topological polar surface area (TPSA) is 34.5 Å². The number of hydrogen-bond donors (Lipinski definition) is 0. The van der Waals surface area contributed by atoms with Gasteiger partial charge in [-0.15, -0.1) is 0 Å². The van der Waals surface area contributed by atoms with Crippen molar-refractivity contribution >= 4 is 17.0 Å². The first-order chi connectivity index (χ1) is 15.5. The molecule has 7 heteroatoms. The first kappa shape index (κ1) is 23.2. The van der Waals surface area contributed by atoms with Crippen molar-refractivity contribution in [3.8, 4) is 0 Å². The molecule has 0 unspecified atom stereocenters. The van der Waals surface area contributed by atoms with Crippen molar-refractivity contribution in [2.24, 2.45) is 0 Å². The molecule has 2 heterocycles. The maximum atomic E-state index is 12.9. The highest BCUT2D eigenvalue weighted by atomic mass is 19.4. The predicted octanol–water partition coefficient (Wildman–Crippen LogP) is 6.82. The monoisotopic (exact) mass is 458 g/mol. The Balaban J connectivity index is 1.52. The van der Waals surface area contributed by atoms with E-state index in [4.69, 9.17) is 4.74 Å². The summed E-state index contributed by atoms with van der Waals surface area (Å²) in [5.41, 5.74) is 1.94. The Morgan fingerprint density at radius 1 is 1.00 bits per heavy atom. The molecule has 1 aliphatic heterocycles. The van der Waals surface area contributed by atoms with E-state index in [1.54, 1.807) is 4.90 Å². The molecule has 0 N–H and O–H groups in total. The lowest BCUT2D eigenvalue weighted by Gasteiger charge is -2.33. The van der Waals surface area contributed by atoms with Crippen LogP contribution in [0.1, 0.15) is 56.2 Å². The molecule has 0 saturated carbocycles. The lowest BCUT2D eigenvalue weighted by atomic mass is 9.89. The number of para-hydroxylation sites is 1. The van der Waals surface area contributed by atoms with E-state index in [0.29, 0.717) is 25.6 Å². The van der Waals surface area contributed by atoms with Crippen LogP contribution in [0.3, 0.4) is 0 Å². The number of carbonyl (C=O) groups is 1. The van der Waals surface area contributed by atoms with Crippen molar-refractivity contribution in [2.75, 3.05) is 13.1 Å². The number of carbonyl (C=O) groups excluding carboxylic acids is 1. The van der Waals surface area contributed by atoms with Gasteiger partial charge in [0.2, 0.25) is 0 Å². The van der Waals surface area contributed by atoms with Gasteiger partial charge in [-0.05, 0) is 68.9 Å². The standard InChI is InChI=1S/C26H29F3N2O2/c1-25(2,3)33-24(32)30-14-12-19(13-15-30)22-17-31(23-7-5-4-6-21(22)23)16-18-8-10-20(11-9-18)26(27,28)29/h4-11,17,19H,12-16H2,1-3H3. The van der Waals surface area contributed by atoms with Crippen molar-refractivity contribution < 1.29 is 22.7 Å². The smallest absolute Gasteiger partial charge is 0.416 e. The third kappa shape index (κ3) is 5.34. The summed E-state index contributed by atoms with van der Waals surface area (Å²) in [4.78, 5) is 14.2. The molecule has 0 radical (unpaired) electrons. The van der Waals surface area contributed by atoms with Gasteiger partial charge in [0.05, 0.1) is 5.56 Å². The van der Waals surface area contributed by atoms with Gasteiger partial charge in [-0.25, -0.2) is 4.79 Å².